The number of aromatic amines is 1. The van der Waals surface area contributed by atoms with E-state index in [4.69, 9.17) is 5.73 Å². The zero-order valence-electron chi connectivity index (χ0n) is 20.5. The first kappa shape index (κ1) is 25.8. The molecule has 0 bridgehead atoms. The Bertz CT molecular complexity index is 1300. The van der Waals surface area contributed by atoms with Crippen molar-refractivity contribution in [3.8, 4) is 11.1 Å². The number of sulfonamides is 1. The molecule has 1 fully saturated rings. The zero-order valence-corrected chi connectivity index (χ0v) is 22.1. The number of H-pyrrole nitrogens is 1. The van der Waals surface area contributed by atoms with E-state index in [-0.39, 0.29) is 17.8 Å². The van der Waals surface area contributed by atoms with E-state index in [2.05, 4.69) is 27.4 Å². The van der Waals surface area contributed by atoms with Crippen LogP contribution in [0.3, 0.4) is 0 Å². The summed E-state index contributed by atoms with van der Waals surface area (Å²) < 4.78 is 26.1. The molecule has 1 aliphatic rings. The van der Waals surface area contributed by atoms with Crippen LogP contribution in [0.25, 0.3) is 22.0 Å². The van der Waals surface area contributed by atoms with E-state index in [0.717, 1.165) is 47.0 Å². The van der Waals surface area contributed by atoms with Gasteiger partial charge >= 0.3 is 0 Å². The zero-order chi connectivity index (χ0) is 25.3. The summed E-state index contributed by atoms with van der Waals surface area (Å²) in [5.74, 6) is -0.163. The molecule has 0 aliphatic carbocycles. The Balaban J connectivity index is 1.64. The standard InChI is InChI=1S/C25H34N4O4S2/c1-4-35(32,33)29-7-5-17(6-8-29)23-12-27-24-21(23)10-18(11-22(24)25(26)31)19-9-20(34-15-19)14-28(3)13-16(2)30/h9-12,15-17,27,30H,4-8,13-14H2,1-3H3,(H2,26,31). The van der Waals surface area contributed by atoms with Gasteiger partial charge in [-0.3, -0.25) is 9.69 Å². The van der Waals surface area contributed by atoms with Crippen LogP contribution in [0.4, 0.5) is 0 Å². The summed E-state index contributed by atoms with van der Waals surface area (Å²) >= 11 is 1.65. The van der Waals surface area contributed by atoms with Crippen molar-refractivity contribution in [3.63, 3.8) is 0 Å². The third-order valence-corrected chi connectivity index (χ3v) is 9.53. The largest absolute Gasteiger partial charge is 0.392 e. The second-order valence-corrected chi connectivity index (χ2v) is 12.7. The molecule has 1 atom stereocenters. The van der Waals surface area contributed by atoms with Crippen LogP contribution >= 0.6 is 11.3 Å². The lowest BCUT2D eigenvalue weighted by Crippen LogP contribution is -2.38. The number of thiophene rings is 1. The first-order chi connectivity index (χ1) is 16.6. The molecular weight excluding hydrogens is 484 g/mol. The summed E-state index contributed by atoms with van der Waals surface area (Å²) in [6.07, 6.45) is 3.03. The number of fused-ring (bicyclic) bond motifs is 1. The molecule has 4 rings (SSSR count). The molecular formula is C25H34N4O4S2. The Morgan fingerprint density at radius 3 is 2.63 bits per heavy atom. The van der Waals surface area contributed by atoms with Gasteiger partial charge in [-0.1, -0.05) is 0 Å². The van der Waals surface area contributed by atoms with Crippen LogP contribution in [0.2, 0.25) is 0 Å². The van der Waals surface area contributed by atoms with Crippen LogP contribution in [-0.4, -0.2) is 72.2 Å². The molecule has 0 radical (unpaired) electrons. The number of aliphatic hydroxyl groups excluding tert-OH is 1. The van der Waals surface area contributed by atoms with Gasteiger partial charge in [0.15, 0.2) is 0 Å². The first-order valence-electron chi connectivity index (χ1n) is 12.0. The summed E-state index contributed by atoms with van der Waals surface area (Å²) in [6.45, 7) is 5.78. The summed E-state index contributed by atoms with van der Waals surface area (Å²) in [5, 5.41) is 12.7. The fraction of sp³-hybridized carbons (Fsp3) is 0.480. The predicted octanol–water partition coefficient (Wildman–Crippen LogP) is 3.34. The topological polar surface area (TPSA) is 120 Å². The van der Waals surface area contributed by atoms with E-state index in [9.17, 15) is 18.3 Å². The molecule has 3 heterocycles. The molecule has 1 amide bonds. The maximum absolute atomic E-state index is 12.3. The Morgan fingerprint density at radius 1 is 1.29 bits per heavy atom. The number of likely N-dealkylation sites (N-methyl/N-ethyl adjacent to an activating group) is 1. The number of carbonyl (C=O) groups excluding carboxylic acids is 1. The van der Waals surface area contributed by atoms with Crippen molar-refractivity contribution >= 4 is 38.2 Å². The Morgan fingerprint density at radius 2 is 2.00 bits per heavy atom. The van der Waals surface area contributed by atoms with E-state index in [1.807, 2.05) is 19.3 Å². The number of nitrogens with zero attached hydrogens (tertiary/aromatic N) is 2. The highest BCUT2D eigenvalue weighted by atomic mass is 32.2. The fourth-order valence-corrected chi connectivity index (χ4v) is 7.08. The average molecular weight is 519 g/mol. The molecule has 4 N–H and O–H groups in total. The van der Waals surface area contributed by atoms with E-state index < -0.39 is 15.9 Å². The molecule has 1 saturated heterocycles. The van der Waals surface area contributed by atoms with Crippen molar-refractivity contribution < 1.29 is 18.3 Å². The normalized spacial score (nSPS) is 16.8. The van der Waals surface area contributed by atoms with Crippen LogP contribution in [0.5, 0.6) is 0 Å². The quantitative estimate of drug-likeness (QED) is 0.401. The molecule has 190 valence electrons. The number of hydrogen-bond donors (Lipinski definition) is 3. The van der Waals surface area contributed by atoms with Crippen LogP contribution in [0.1, 0.15) is 53.4 Å². The molecule has 8 nitrogen and oxygen atoms in total. The minimum Gasteiger partial charge on any atom is -0.392 e. The lowest BCUT2D eigenvalue weighted by molar-refractivity contribution is 0.100. The summed E-state index contributed by atoms with van der Waals surface area (Å²) in [4.78, 5) is 18.8. The number of rotatable bonds is 9. The number of amides is 1. The van der Waals surface area contributed by atoms with Gasteiger partial charge in [0.05, 0.1) is 22.9 Å². The van der Waals surface area contributed by atoms with Gasteiger partial charge in [-0.05, 0) is 79.9 Å². The Kier molecular flexibility index (Phi) is 7.68. The minimum absolute atomic E-state index is 0.119. The number of aromatic nitrogens is 1. The molecule has 2 aromatic heterocycles. The Labute approximate surface area is 210 Å². The lowest BCUT2D eigenvalue weighted by atomic mass is 9.88. The monoisotopic (exact) mass is 518 g/mol. The summed E-state index contributed by atoms with van der Waals surface area (Å²) in [6, 6.07) is 6.07. The summed E-state index contributed by atoms with van der Waals surface area (Å²) in [5.41, 5.74) is 9.99. The lowest BCUT2D eigenvalue weighted by Gasteiger charge is -2.31. The fourth-order valence-electron chi connectivity index (χ4n) is 4.98. The SMILES string of the molecule is CCS(=O)(=O)N1CCC(c2c[nH]c3c(C(N)=O)cc(-c4csc(CN(C)CC(C)O)c4)cc23)CC1. The highest BCUT2D eigenvalue weighted by Crippen LogP contribution is 2.38. The highest BCUT2D eigenvalue weighted by Gasteiger charge is 2.29. The van der Waals surface area contributed by atoms with Gasteiger partial charge in [0.1, 0.15) is 0 Å². The van der Waals surface area contributed by atoms with Gasteiger partial charge in [0.2, 0.25) is 10.0 Å². The number of primary amides is 1. The second-order valence-electron chi connectivity index (χ2n) is 9.48. The number of hydrogen-bond acceptors (Lipinski definition) is 6. The summed E-state index contributed by atoms with van der Waals surface area (Å²) in [7, 11) is -1.20. The average Bonchev–Trinajstić information content (AvgIpc) is 3.45. The molecule has 10 heteroatoms. The van der Waals surface area contributed by atoms with Crippen molar-refractivity contribution in [2.75, 3.05) is 32.4 Å². The van der Waals surface area contributed by atoms with E-state index >= 15 is 0 Å². The molecule has 1 aliphatic heterocycles. The molecule has 35 heavy (non-hydrogen) atoms. The molecule has 0 spiro atoms. The third-order valence-electron chi connectivity index (χ3n) is 6.73. The number of piperidine rings is 1. The third kappa shape index (κ3) is 5.62. The minimum atomic E-state index is -3.18. The van der Waals surface area contributed by atoms with Crippen molar-refractivity contribution in [1.82, 2.24) is 14.2 Å². The van der Waals surface area contributed by atoms with Gasteiger partial charge in [0.25, 0.3) is 5.91 Å². The van der Waals surface area contributed by atoms with Crippen molar-refractivity contribution in [2.24, 2.45) is 5.73 Å². The van der Waals surface area contributed by atoms with Crippen molar-refractivity contribution in [1.29, 1.82) is 0 Å². The molecule has 3 aromatic rings. The second kappa shape index (κ2) is 10.4. The van der Waals surface area contributed by atoms with E-state index in [0.29, 0.717) is 25.2 Å². The van der Waals surface area contributed by atoms with Crippen LogP contribution < -0.4 is 5.73 Å². The van der Waals surface area contributed by atoms with Crippen LogP contribution in [-0.2, 0) is 16.6 Å². The van der Waals surface area contributed by atoms with Crippen LogP contribution in [0, 0.1) is 0 Å². The smallest absolute Gasteiger partial charge is 0.250 e. The van der Waals surface area contributed by atoms with E-state index in [1.54, 1.807) is 29.5 Å². The molecule has 1 aromatic carbocycles. The van der Waals surface area contributed by atoms with Gasteiger partial charge < -0.3 is 15.8 Å². The van der Waals surface area contributed by atoms with E-state index in [1.165, 1.54) is 4.88 Å². The first-order valence-corrected chi connectivity index (χ1v) is 14.4. The Hall–Kier alpha value is -2.24. The van der Waals surface area contributed by atoms with Gasteiger partial charge in [-0.15, -0.1) is 11.3 Å². The maximum atomic E-state index is 12.3. The molecule has 1 unspecified atom stereocenters. The van der Waals surface area contributed by atoms with Crippen LogP contribution in [0.15, 0.2) is 29.8 Å². The number of nitrogens with one attached hydrogen (secondary N) is 1. The van der Waals surface area contributed by atoms with Gasteiger partial charge in [-0.2, -0.15) is 0 Å². The molecule has 0 saturated carbocycles. The highest BCUT2D eigenvalue weighted by molar-refractivity contribution is 7.89. The predicted molar refractivity (Wildman–Crippen MR) is 141 cm³/mol. The number of nitrogens with two attached hydrogens (primary N) is 1. The number of benzene rings is 1. The van der Waals surface area contributed by atoms with Crippen molar-refractivity contribution in [3.05, 3.63) is 45.8 Å². The number of carbonyl (C=O) groups is 1. The van der Waals surface area contributed by atoms with Gasteiger partial charge in [0, 0.05) is 42.6 Å². The number of aliphatic hydroxyl groups is 1. The van der Waals surface area contributed by atoms with Gasteiger partial charge in [-0.25, -0.2) is 12.7 Å². The maximum Gasteiger partial charge on any atom is 0.250 e. The van der Waals surface area contributed by atoms with Crippen molar-refractivity contribution in [2.45, 2.75) is 45.3 Å².